The fourth-order valence-electron chi connectivity index (χ4n) is 7.24. The van der Waals surface area contributed by atoms with Crippen molar-refractivity contribution >= 4 is 24.2 Å². The first-order valence-corrected chi connectivity index (χ1v) is 16.8. The number of carbonyl (C=O) groups is 2. The van der Waals surface area contributed by atoms with E-state index < -0.39 is 16.9 Å². The average Bonchev–Trinajstić information content (AvgIpc) is 3.15. The molecule has 2 aliphatic heterocycles. The molecule has 13 nitrogen and oxygen atoms in total. The van der Waals surface area contributed by atoms with Gasteiger partial charge in [-0.25, -0.2) is 0 Å². The summed E-state index contributed by atoms with van der Waals surface area (Å²) >= 11 is 0. The van der Waals surface area contributed by atoms with E-state index in [2.05, 4.69) is 80.9 Å². The van der Waals surface area contributed by atoms with Gasteiger partial charge in [-0.05, 0) is 68.0 Å². The first kappa shape index (κ1) is 35.9. The summed E-state index contributed by atoms with van der Waals surface area (Å²) in [5, 5.41) is 17.8. The van der Waals surface area contributed by atoms with Crippen molar-refractivity contribution in [2.24, 2.45) is 10.1 Å². The number of azide groups is 1. The number of hydrogen-bond donors (Lipinski definition) is 1. The van der Waals surface area contributed by atoms with Crippen molar-refractivity contribution in [2.45, 2.75) is 43.6 Å². The molecule has 1 N–H and O–H groups in total. The highest BCUT2D eigenvalue weighted by Crippen LogP contribution is 2.42. The van der Waals surface area contributed by atoms with Crippen molar-refractivity contribution in [1.82, 2.24) is 15.1 Å². The second-order valence-corrected chi connectivity index (χ2v) is 12.5. The summed E-state index contributed by atoms with van der Waals surface area (Å²) < 4.78 is 5.81. The quantitative estimate of drug-likeness (QED) is 0.0364. The number of benzene rings is 3. The number of rotatable bonds is 17. The van der Waals surface area contributed by atoms with Gasteiger partial charge in [-0.3, -0.25) is 24.7 Å². The molecule has 0 aliphatic carbocycles. The number of nitrogens with zero attached hydrogens (tertiary/aromatic N) is 7. The van der Waals surface area contributed by atoms with E-state index >= 15 is 0 Å². The van der Waals surface area contributed by atoms with E-state index in [0.717, 1.165) is 38.9 Å². The molecule has 0 spiro atoms. The molecule has 1 saturated heterocycles. The van der Waals surface area contributed by atoms with E-state index in [1.807, 2.05) is 0 Å². The van der Waals surface area contributed by atoms with E-state index in [1.165, 1.54) is 23.3 Å². The van der Waals surface area contributed by atoms with Crippen LogP contribution in [0.2, 0.25) is 0 Å². The number of hydrogen-bond acceptors (Lipinski definition) is 8. The molecule has 260 valence electrons. The number of ether oxygens (including phenoxy) is 1. The minimum Gasteiger partial charge on any atom is -0.375 e. The highest BCUT2D eigenvalue weighted by Gasteiger charge is 2.39. The van der Waals surface area contributed by atoms with Crippen molar-refractivity contribution in [1.29, 1.82) is 0 Å². The van der Waals surface area contributed by atoms with Gasteiger partial charge in [0, 0.05) is 41.3 Å². The van der Waals surface area contributed by atoms with Crippen molar-refractivity contribution < 1.29 is 19.2 Å². The van der Waals surface area contributed by atoms with Crippen LogP contribution in [0.4, 0.5) is 5.69 Å². The monoisotopic (exact) mass is 678 g/mol. The predicted molar refractivity (Wildman–Crippen MR) is 191 cm³/mol. The molecule has 5 rings (SSSR count). The Labute approximate surface area is 291 Å². The highest BCUT2D eigenvalue weighted by atomic mass is 16.6. The molecule has 2 atom stereocenters. The van der Waals surface area contributed by atoms with Crippen LogP contribution in [-0.2, 0) is 19.7 Å². The number of amides is 2. The van der Waals surface area contributed by atoms with Crippen LogP contribution < -0.4 is 5.32 Å². The standard InChI is InChI=1S/C37H42N8O5/c1-28-35(39-26-46)34(29-13-15-32(16-14-29)45(48)49)36(33(41-28)25-50-24-19-40-42-38)44(27-47)21-8-20-43-22-17-37(18-23-43,30-9-4-2-5-10-30)31-11-6-3-7-12-31/h2-7,9-16,26-27,34-35H,8,17-25H2,1H3,(H,39,46). The van der Waals surface area contributed by atoms with Crippen LogP contribution in [0.1, 0.15) is 48.8 Å². The number of aliphatic imine (C=N–C) groups is 1. The van der Waals surface area contributed by atoms with Gasteiger partial charge in [0.05, 0.1) is 41.5 Å². The van der Waals surface area contributed by atoms with Gasteiger partial charge in [0.25, 0.3) is 5.69 Å². The SMILES string of the molecule is CC1=NC(COCCN=[N+]=[N-])=C(N(C=O)CCCN2CCC(c3ccccc3)(c3ccccc3)CC2)C(c2ccc([N+](=O)[O-])cc2)C1NC=O. The Hall–Kier alpha value is -5.36. The van der Waals surface area contributed by atoms with E-state index in [4.69, 9.17) is 15.3 Å². The molecule has 3 aromatic carbocycles. The third-order valence-corrected chi connectivity index (χ3v) is 9.71. The molecule has 0 saturated carbocycles. The fraction of sp³-hybridized carbons (Fsp3) is 0.378. The number of nitro benzene ring substituents is 1. The summed E-state index contributed by atoms with van der Waals surface area (Å²) in [5.74, 6) is -0.577. The summed E-state index contributed by atoms with van der Waals surface area (Å²) in [5.41, 5.74) is 13.5. The Morgan fingerprint density at radius 2 is 1.70 bits per heavy atom. The minimum atomic E-state index is -0.607. The van der Waals surface area contributed by atoms with Gasteiger partial charge in [-0.1, -0.05) is 77.9 Å². The first-order valence-electron chi connectivity index (χ1n) is 16.8. The first-order chi connectivity index (χ1) is 24.4. The van der Waals surface area contributed by atoms with Crippen molar-refractivity contribution in [2.75, 3.05) is 45.9 Å². The van der Waals surface area contributed by atoms with Gasteiger partial charge in [0.2, 0.25) is 12.8 Å². The van der Waals surface area contributed by atoms with Gasteiger partial charge in [-0.2, -0.15) is 0 Å². The normalized spacial score (nSPS) is 18.8. The molecule has 3 aromatic rings. The zero-order chi connectivity index (χ0) is 35.3. The topological polar surface area (TPSA) is 166 Å². The lowest BCUT2D eigenvalue weighted by Crippen LogP contribution is -2.47. The lowest BCUT2D eigenvalue weighted by Gasteiger charge is -2.43. The third-order valence-electron chi connectivity index (χ3n) is 9.71. The van der Waals surface area contributed by atoms with E-state index in [-0.39, 0.29) is 30.9 Å². The van der Waals surface area contributed by atoms with Crippen LogP contribution in [0.5, 0.6) is 0 Å². The van der Waals surface area contributed by atoms with Crippen LogP contribution in [0.25, 0.3) is 10.4 Å². The molecular formula is C37H42N8O5. The van der Waals surface area contributed by atoms with Gasteiger partial charge in [0.15, 0.2) is 0 Å². The molecule has 2 amide bonds. The second kappa shape index (κ2) is 17.3. The Kier molecular flexibility index (Phi) is 12.5. The van der Waals surface area contributed by atoms with E-state index in [1.54, 1.807) is 24.0 Å². The molecule has 0 radical (unpaired) electrons. The molecule has 2 heterocycles. The van der Waals surface area contributed by atoms with Crippen LogP contribution in [0, 0.1) is 10.1 Å². The number of piperidine rings is 1. The lowest BCUT2D eigenvalue weighted by molar-refractivity contribution is -0.384. The van der Waals surface area contributed by atoms with Crippen LogP contribution >= 0.6 is 0 Å². The summed E-state index contributed by atoms with van der Waals surface area (Å²) in [6.45, 7) is 5.05. The van der Waals surface area contributed by atoms with Gasteiger partial charge >= 0.3 is 0 Å². The van der Waals surface area contributed by atoms with Crippen molar-refractivity contribution in [3.8, 4) is 0 Å². The average molecular weight is 679 g/mol. The highest BCUT2D eigenvalue weighted by molar-refractivity contribution is 5.92. The number of likely N-dealkylation sites (tertiary alicyclic amines) is 1. The third kappa shape index (κ3) is 8.25. The van der Waals surface area contributed by atoms with E-state index in [9.17, 15) is 19.7 Å². The fourth-order valence-corrected chi connectivity index (χ4v) is 7.24. The smallest absolute Gasteiger partial charge is 0.269 e. The molecular weight excluding hydrogens is 636 g/mol. The number of nitrogens with one attached hydrogen (secondary N) is 1. The second-order valence-electron chi connectivity index (χ2n) is 12.5. The van der Waals surface area contributed by atoms with Crippen LogP contribution in [0.15, 0.2) is 106 Å². The Bertz CT molecular complexity index is 1680. The molecule has 0 bridgehead atoms. The maximum absolute atomic E-state index is 12.9. The Morgan fingerprint density at radius 1 is 1.06 bits per heavy atom. The molecule has 50 heavy (non-hydrogen) atoms. The summed E-state index contributed by atoms with van der Waals surface area (Å²) in [7, 11) is 0. The van der Waals surface area contributed by atoms with Gasteiger partial charge in [0.1, 0.15) is 0 Å². The Morgan fingerprint density at radius 3 is 2.26 bits per heavy atom. The summed E-state index contributed by atoms with van der Waals surface area (Å²) in [6.07, 6.45) is 3.98. The van der Waals surface area contributed by atoms with E-state index in [0.29, 0.717) is 42.0 Å². The predicted octanol–water partition coefficient (Wildman–Crippen LogP) is 5.74. The number of nitro groups is 1. The summed E-state index contributed by atoms with van der Waals surface area (Å²) in [4.78, 5) is 47.2. The van der Waals surface area contributed by atoms with Gasteiger partial charge in [-0.15, -0.1) is 0 Å². The van der Waals surface area contributed by atoms with Crippen LogP contribution in [-0.4, -0.2) is 85.2 Å². The number of non-ortho nitro benzene ring substituents is 1. The van der Waals surface area contributed by atoms with Crippen molar-refractivity contribution in [3.63, 3.8) is 0 Å². The molecule has 2 unspecified atom stereocenters. The molecule has 13 heteroatoms. The molecule has 2 aliphatic rings. The zero-order valence-electron chi connectivity index (χ0n) is 28.1. The van der Waals surface area contributed by atoms with Crippen LogP contribution in [0.3, 0.4) is 0 Å². The number of carbonyl (C=O) groups excluding carboxylic acids is 2. The molecule has 1 fully saturated rings. The Balaban J connectivity index is 1.37. The lowest BCUT2D eigenvalue weighted by atomic mass is 9.68. The minimum absolute atomic E-state index is 0.0302. The maximum Gasteiger partial charge on any atom is 0.269 e. The van der Waals surface area contributed by atoms with Gasteiger partial charge < -0.3 is 19.9 Å². The maximum atomic E-state index is 12.9. The zero-order valence-corrected chi connectivity index (χ0v) is 28.1. The largest absolute Gasteiger partial charge is 0.375 e. The summed E-state index contributed by atoms with van der Waals surface area (Å²) in [6, 6.07) is 26.9. The molecule has 0 aromatic heterocycles. The van der Waals surface area contributed by atoms with Crippen molar-refractivity contribution in [3.05, 3.63) is 134 Å².